The molecule has 1 aromatic heterocycles. The van der Waals surface area contributed by atoms with E-state index in [2.05, 4.69) is 37.3 Å². The maximum absolute atomic E-state index is 13.5. The monoisotopic (exact) mass is 962 g/mol. The average molecular weight is 963 g/mol. The van der Waals surface area contributed by atoms with Crippen LogP contribution in [0.2, 0.25) is 5.02 Å². The van der Waals surface area contributed by atoms with Crippen LogP contribution in [0.1, 0.15) is 96.9 Å². The largest absolute Gasteiger partial charge is 1.00 e. The van der Waals surface area contributed by atoms with Gasteiger partial charge < -0.3 is 52.6 Å². The molecule has 3 aliphatic rings. The first kappa shape index (κ1) is 55.3. The number of halogens is 1. The zero-order valence-corrected chi connectivity index (χ0v) is 40.1. The third-order valence-electron chi connectivity index (χ3n) is 11.5. The normalized spacial score (nSPS) is 16.2. The van der Waals surface area contributed by atoms with Crippen LogP contribution in [0.15, 0.2) is 42.3 Å². The van der Waals surface area contributed by atoms with E-state index < -0.39 is 29.7 Å². The average Bonchev–Trinajstić information content (AvgIpc) is 3.58. The number of ketones is 2. The first-order chi connectivity index (χ1) is 32.4. The van der Waals surface area contributed by atoms with Crippen molar-refractivity contribution < 1.29 is 71.4 Å². The standard InChI is InChI=1S/C47H53ClN8O11.CH3.Li/c1-49-40(60)27-66-34(26-57)23-29-21-31(24-33(22-29)65-2)53-43-36(48)25-52-47(54-43)55-19-15-30(16-20-55)44(62)51-18-6-4-3-5-17-50-41(61)28-67-39-12-8-10-35-42(39)46(64)56(45(35)63)37-14-13-32(58)9-7-11-38(37)59;;/h8,10,12,21,23-25,30,37H,3-7,9,11,13-20,27-28H2,1-2H3,(H,49,60)(H,50,61)(H,51,62)(H,52,53,54);1H3;/q-2;-1;+1/b34-23+;;. The number of nitrogens with zero attached hydrogens (tertiary/aromatic N) is 4. The number of carbonyl (C=O) groups excluding carboxylic acids is 8. The number of aromatic nitrogens is 2. The number of hydrogen-bond donors (Lipinski definition) is 4. The molecule has 69 heavy (non-hydrogen) atoms. The van der Waals surface area contributed by atoms with E-state index in [9.17, 15) is 38.4 Å². The summed E-state index contributed by atoms with van der Waals surface area (Å²) in [5.74, 6) is -1.55. The summed E-state index contributed by atoms with van der Waals surface area (Å²) >= 11 is 6.48. The topological polar surface area (TPSA) is 245 Å². The number of allylic oxidation sites excluding steroid dienone is 1. The molecule has 4 N–H and O–H groups in total. The fourth-order valence-corrected chi connectivity index (χ4v) is 8.04. The van der Waals surface area contributed by atoms with Crippen LogP contribution in [-0.2, 0) is 33.5 Å². The molecule has 0 bridgehead atoms. The Bertz CT molecular complexity index is 2390. The van der Waals surface area contributed by atoms with Gasteiger partial charge in [-0.05, 0) is 56.3 Å². The number of fused-ring (bicyclic) bond motifs is 1. The predicted molar refractivity (Wildman–Crippen MR) is 251 cm³/mol. The number of carbonyl (C=O) groups is 7. The molecule has 2 fully saturated rings. The second kappa shape index (κ2) is 27.0. The van der Waals surface area contributed by atoms with Crippen LogP contribution in [0.4, 0.5) is 17.5 Å². The van der Waals surface area contributed by atoms with Crippen molar-refractivity contribution in [2.24, 2.45) is 5.92 Å². The molecule has 5 amide bonds. The van der Waals surface area contributed by atoms with E-state index in [4.69, 9.17) is 25.8 Å². The van der Waals surface area contributed by atoms with Gasteiger partial charge >= 0.3 is 18.9 Å². The third kappa shape index (κ3) is 15.1. The molecule has 2 aromatic carbocycles. The van der Waals surface area contributed by atoms with Crippen molar-refractivity contribution in [3.8, 4) is 11.5 Å². The van der Waals surface area contributed by atoms with Gasteiger partial charge in [0.05, 0.1) is 30.5 Å². The number of anilines is 3. The van der Waals surface area contributed by atoms with Gasteiger partial charge in [0.2, 0.25) is 11.9 Å². The zero-order valence-electron chi connectivity index (χ0n) is 39.4. The van der Waals surface area contributed by atoms with Crippen molar-refractivity contribution in [2.75, 3.05) is 63.8 Å². The van der Waals surface area contributed by atoms with Crippen molar-refractivity contribution in [1.29, 1.82) is 0 Å². The predicted octanol–water partition coefficient (Wildman–Crippen LogP) is 1.50. The maximum Gasteiger partial charge on any atom is 1.00 e. The molecule has 0 spiro atoms. The van der Waals surface area contributed by atoms with E-state index in [1.165, 1.54) is 38.6 Å². The Balaban J connectivity index is 0.00000518. The maximum atomic E-state index is 13.5. The molecule has 19 nitrogen and oxygen atoms in total. The van der Waals surface area contributed by atoms with E-state index in [0.717, 1.165) is 24.2 Å². The number of nitrogens with one attached hydrogen (secondary N) is 4. The van der Waals surface area contributed by atoms with Gasteiger partial charge in [0, 0.05) is 76.2 Å². The number of methoxy groups -OCH3 is 1. The molecular weight excluding hydrogens is 907 g/mol. The quantitative estimate of drug-likeness (QED) is 0.0295. The van der Waals surface area contributed by atoms with E-state index in [-0.39, 0.29) is 110 Å². The van der Waals surface area contributed by atoms with Crippen LogP contribution in [0.3, 0.4) is 0 Å². The van der Waals surface area contributed by atoms with Gasteiger partial charge in [0.25, 0.3) is 23.6 Å². The van der Waals surface area contributed by atoms with Gasteiger partial charge in [-0.1, -0.05) is 42.6 Å². The second-order valence-corrected chi connectivity index (χ2v) is 16.5. The smallest absolute Gasteiger partial charge is 0.516 e. The SMILES string of the molecule is CNC(=O)CO/C([C-]=O)=C/c1[c-]c(OC)cc(Nc2nc(N3CCC(C(=O)NCCCCCCNC(=O)COc4cccc5c4C(=O)N(C4CCC(=O)CCCC4=O)C5=O)CC3)ncc2Cl)c1.[CH3-].[Li+]. The minimum Gasteiger partial charge on any atom is -0.516 e. The molecule has 3 heterocycles. The fourth-order valence-electron chi connectivity index (χ4n) is 7.90. The molecule has 2 aliphatic heterocycles. The summed E-state index contributed by atoms with van der Waals surface area (Å²) in [4.78, 5) is 112. The van der Waals surface area contributed by atoms with E-state index in [0.29, 0.717) is 87.0 Å². The number of amides is 5. The van der Waals surface area contributed by atoms with Crippen LogP contribution in [-0.4, -0.2) is 122 Å². The number of hydrogen-bond acceptors (Lipinski definition) is 15. The molecule has 0 radical (unpaired) electrons. The molecule has 3 aromatic rings. The first-order valence-corrected chi connectivity index (χ1v) is 22.6. The van der Waals surface area contributed by atoms with E-state index in [1.807, 2.05) is 4.90 Å². The first-order valence-electron chi connectivity index (χ1n) is 22.2. The summed E-state index contributed by atoms with van der Waals surface area (Å²) < 4.78 is 16.3. The van der Waals surface area contributed by atoms with E-state index >= 15 is 0 Å². The van der Waals surface area contributed by atoms with Crippen molar-refractivity contribution in [3.05, 3.63) is 77.5 Å². The van der Waals surface area contributed by atoms with Gasteiger partial charge in [-0.3, -0.25) is 38.5 Å². The van der Waals surface area contributed by atoms with Crippen LogP contribution in [0.5, 0.6) is 11.5 Å². The Morgan fingerprint density at radius 3 is 2.39 bits per heavy atom. The molecule has 1 unspecified atom stereocenters. The third-order valence-corrected chi connectivity index (χ3v) is 11.8. The molecule has 1 aliphatic carbocycles. The van der Waals surface area contributed by atoms with Gasteiger partial charge in [-0.2, -0.15) is 4.98 Å². The minimum atomic E-state index is -1.02. The molecule has 21 heteroatoms. The van der Waals surface area contributed by atoms with Gasteiger partial charge in [-0.25, -0.2) is 4.98 Å². The summed E-state index contributed by atoms with van der Waals surface area (Å²) in [6, 6.07) is 9.82. The van der Waals surface area contributed by atoms with Crippen molar-refractivity contribution >= 4 is 82.5 Å². The number of rotatable bonds is 21. The van der Waals surface area contributed by atoms with Crippen LogP contribution in [0.25, 0.3) is 6.08 Å². The van der Waals surface area contributed by atoms with Gasteiger partial charge in [0.1, 0.15) is 16.6 Å². The molecule has 1 saturated carbocycles. The van der Waals surface area contributed by atoms with Gasteiger partial charge in [0.15, 0.2) is 24.8 Å². The Kier molecular flexibility index (Phi) is 21.7. The Hall–Kier alpha value is -6.29. The summed E-state index contributed by atoms with van der Waals surface area (Å²) in [5.41, 5.74) is 1.01. The van der Waals surface area contributed by atoms with Crippen LogP contribution in [0, 0.1) is 19.4 Å². The Labute approximate surface area is 418 Å². The fraction of sp³-hybridized carbons (Fsp3) is 0.438. The number of imide groups is 1. The van der Waals surface area contributed by atoms with Crippen LogP contribution < -0.4 is 54.5 Å². The number of Topliss-reactive ketones (excluding diaryl/α,β-unsaturated/α-hetero) is 2. The molecule has 364 valence electrons. The van der Waals surface area contributed by atoms with Crippen molar-refractivity contribution in [1.82, 2.24) is 30.8 Å². The number of benzene rings is 2. The number of likely N-dealkylation sites (N-methyl/N-ethyl adjacent to an activating group) is 1. The summed E-state index contributed by atoms with van der Waals surface area (Å²) in [6.07, 6.45) is 9.87. The zero-order chi connectivity index (χ0) is 47.9. The second-order valence-electron chi connectivity index (χ2n) is 16.1. The molecule has 6 rings (SSSR count). The number of piperidine rings is 1. The van der Waals surface area contributed by atoms with E-state index in [1.54, 1.807) is 24.5 Å². The number of unbranched alkanes of at least 4 members (excludes halogenated alkanes) is 3. The van der Waals surface area contributed by atoms with Crippen molar-refractivity contribution in [2.45, 2.75) is 76.7 Å². The minimum absolute atomic E-state index is 0. The van der Waals surface area contributed by atoms with Crippen molar-refractivity contribution in [3.63, 3.8) is 0 Å². The Morgan fingerprint density at radius 1 is 0.942 bits per heavy atom. The summed E-state index contributed by atoms with van der Waals surface area (Å²) in [7, 11) is 2.92. The van der Waals surface area contributed by atoms with Gasteiger partial charge in [-0.15, -0.1) is 17.7 Å². The molecule has 1 atom stereocenters. The number of ether oxygens (including phenoxy) is 3. The Morgan fingerprint density at radius 2 is 1.68 bits per heavy atom. The molecule has 1 saturated heterocycles. The molecular formula is C48H56ClLiN8O11-2. The summed E-state index contributed by atoms with van der Waals surface area (Å²) in [5, 5.41) is 11.7. The van der Waals surface area contributed by atoms with Crippen LogP contribution >= 0.6 is 11.6 Å². The summed E-state index contributed by atoms with van der Waals surface area (Å²) in [6.45, 7) is 1.30.